The Balaban J connectivity index is 2.16. The van der Waals surface area contributed by atoms with Gasteiger partial charge in [-0.1, -0.05) is 44.2 Å². The van der Waals surface area contributed by atoms with Crippen LogP contribution in [0, 0.1) is 11.8 Å². The van der Waals surface area contributed by atoms with Crippen LogP contribution < -0.4 is 11.5 Å². The molecule has 3 unspecified atom stereocenters. The summed E-state index contributed by atoms with van der Waals surface area (Å²) in [5, 5.41) is 0. The highest BCUT2D eigenvalue weighted by Gasteiger charge is 2.37. The topological polar surface area (TPSA) is 72.3 Å². The summed E-state index contributed by atoms with van der Waals surface area (Å²) in [7, 11) is 0. The zero-order valence-corrected chi connectivity index (χ0v) is 12.4. The number of likely N-dealkylation sites (tertiary alicyclic amines) is 1. The van der Waals surface area contributed by atoms with Gasteiger partial charge in [-0.2, -0.15) is 0 Å². The smallest absolute Gasteiger partial charge is 0.243 e. The Hall–Kier alpha value is -1.39. The van der Waals surface area contributed by atoms with Crippen molar-refractivity contribution in [2.45, 2.75) is 25.8 Å². The van der Waals surface area contributed by atoms with Crippen LogP contribution >= 0.6 is 0 Å². The summed E-state index contributed by atoms with van der Waals surface area (Å²) in [4.78, 5) is 14.2. The fourth-order valence-corrected chi connectivity index (χ4v) is 2.89. The standard InChI is InChI=1S/C16H25N3O/c1-12-8-9-19(10-13(12)2)11-16(18,15(17)20)14-6-4-3-5-7-14/h3-7,12-13H,8-11,18H2,1-2H3,(H2,17,20). The first-order chi connectivity index (χ1) is 9.43. The first-order valence-electron chi connectivity index (χ1n) is 7.30. The quantitative estimate of drug-likeness (QED) is 0.870. The minimum Gasteiger partial charge on any atom is -0.368 e. The number of carbonyl (C=O) groups is 1. The van der Waals surface area contributed by atoms with Gasteiger partial charge in [0.1, 0.15) is 5.54 Å². The highest BCUT2D eigenvalue weighted by Crippen LogP contribution is 2.26. The molecule has 4 nitrogen and oxygen atoms in total. The average Bonchev–Trinajstić information content (AvgIpc) is 2.43. The third-order valence-electron chi connectivity index (χ3n) is 4.62. The second kappa shape index (κ2) is 5.94. The summed E-state index contributed by atoms with van der Waals surface area (Å²) in [6.07, 6.45) is 1.14. The van der Waals surface area contributed by atoms with Crippen molar-refractivity contribution in [1.29, 1.82) is 0 Å². The van der Waals surface area contributed by atoms with E-state index in [9.17, 15) is 4.79 Å². The van der Waals surface area contributed by atoms with Crippen molar-refractivity contribution in [2.24, 2.45) is 23.3 Å². The van der Waals surface area contributed by atoms with Crippen molar-refractivity contribution in [3.8, 4) is 0 Å². The van der Waals surface area contributed by atoms with E-state index in [1.807, 2.05) is 30.3 Å². The van der Waals surface area contributed by atoms with Crippen LogP contribution in [0.4, 0.5) is 0 Å². The number of hydrogen-bond donors (Lipinski definition) is 2. The minimum absolute atomic E-state index is 0.463. The monoisotopic (exact) mass is 275 g/mol. The number of nitrogens with two attached hydrogens (primary N) is 2. The number of rotatable bonds is 4. The van der Waals surface area contributed by atoms with Crippen LogP contribution in [-0.4, -0.2) is 30.4 Å². The van der Waals surface area contributed by atoms with Gasteiger partial charge >= 0.3 is 0 Å². The molecule has 4 N–H and O–H groups in total. The fourth-order valence-electron chi connectivity index (χ4n) is 2.89. The molecule has 1 aliphatic heterocycles. The largest absolute Gasteiger partial charge is 0.368 e. The van der Waals surface area contributed by atoms with Crippen LogP contribution in [0.5, 0.6) is 0 Å². The Bertz CT molecular complexity index is 462. The fraction of sp³-hybridized carbons (Fsp3) is 0.562. The molecule has 4 heteroatoms. The molecule has 1 saturated heterocycles. The molecule has 0 aromatic heterocycles. The van der Waals surface area contributed by atoms with Crippen LogP contribution in [0.3, 0.4) is 0 Å². The molecule has 1 amide bonds. The Morgan fingerprint density at radius 3 is 2.50 bits per heavy atom. The molecule has 0 radical (unpaired) electrons. The summed E-state index contributed by atoms with van der Waals surface area (Å²) in [6, 6.07) is 9.44. The molecule has 1 aromatic carbocycles. The third-order valence-corrected chi connectivity index (χ3v) is 4.62. The SMILES string of the molecule is CC1CCN(CC(N)(C(N)=O)c2ccccc2)CC1C. The number of carbonyl (C=O) groups excluding carboxylic acids is 1. The number of amides is 1. The molecule has 1 aliphatic rings. The third kappa shape index (κ3) is 3.02. The average molecular weight is 275 g/mol. The number of hydrogen-bond acceptors (Lipinski definition) is 3. The highest BCUT2D eigenvalue weighted by molar-refractivity contribution is 5.86. The minimum atomic E-state index is -1.11. The van der Waals surface area contributed by atoms with E-state index in [2.05, 4.69) is 18.7 Å². The van der Waals surface area contributed by atoms with E-state index in [0.717, 1.165) is 31.0 Å². The van der Waals surface area contributed by atoms with Crippen molar-refractivity contribution in [3.63, 3.8) is 0 Å². The molecular weight excluding hydrogens is 250 g/mol. The van der Waals surface area contributed by atoms with Gasteiger partial charge in [-0.15, -0.1) is 0 Å². The van der Waals surface area contributed by atoms with Crippen LogP contribution in [0.15, 0.2) is 30.3 Å². The van der Waals surface area contributed by atoms with Gasteiger partial charge in [0.05, 0.1) is 0 Å². The van der Waals surface area contributed by atoms with Crippen molar-refractivity contribution < 1.29 is 4.79 Å². The molecule has 3 atom stereocenters. The van der Waals surface area contributed by atoms with Crippen molar-refractivity contribution in [2.75, 3.05) is 19.6 Å². The second-order valence-electron chi connectivity index (χ2n) is 6.18. The molecular formula is C16H25N3O. The van der Waals surface area contributed by atoms with E-state index in [-0.39, 0.29) is 0 Å². The lowest BCUT2D eigenvalue weighted by Crippen LogP contribution is -2.57. The number of nitrogens with zero attached hydrogens (tertiary/aromatic N) is 1. The summed E-state index contributed by atoms with van der Waals surface area (Å²) >= 11 is 0. The predicted molar refractivity (Wildman–Crippen MR) is 80.9 cm³/mol. The van der Waals surface area contributed by atoms with Gasteiger partial charge in [0.15, 0.2) is 0 Å². The molecule has 20 heavy (non-hydrogen) atoms. The zero-order valence-electron chi connectivity index (χ0n) is 12.4. The summed E-state index contributed by atoms with van der Waals surface area (Å²) in [5.41, 5.74) is 11.6. The van der Waals surface area contributed by atoms with E-state index in [0.29, 0.717) is 12.5 Å². The molecule has 110 valence electrons. The lowest BCUT2D eigenvalue weighted by Gasteiger charge is -2.39. The normalized spacial score (nSPS) is 26.9. The molecule has 0 bridgehead atoms. The molecule has 2 rings (SSSR count). The van der Waals surface area contributed by atoms with Crippen LogP contribution in [0.2, 0.25) is 0 Å². The van der Waals surface area contributed by atoms with Gasteiger partial charge in [-0.25, -0.2) is 0 Å². The second-order valence-corrected chi connectivity index (χ2v) is 6.18. The van der Waals surface area contributed by atoms with Crippen molar-refractivity contribution in [3.05, 3.63) is 35.9 Å². The lowest BCUT2D eigenvalue weighted by molar-refractivity contribution is -0.124. The van der Waals surface area contributed by atoms with Gasteiger partial charge < -0.3 is 16.4 Å². The number of benzene rings is 1. The van der Waals surface area contributed by atoms with Gasteiger partial charge in [-0.3, -0.25) is 4.79 Å². The molecule has 0 saturated carbocycles. The maximum atomic E-state index is 11.9. The van der Waals surface area contributed by atoms with Crippen LogP contribution in [0.1, 0.15) is 25.8 Å². The highest BCUT2D eigenvalue weighted by atomic mass is 16.1. The Labute approximate surface area is 121 Å². The van der Waals surface area contributed by atoms with E-state index < -0.39 is 11.4 Å². The van der Waals surface area contributed by atoms with E-state index in [1.54, 1.807) is 0 Å². The number of piperidine rings is 1. The first kappa shape index (κ1) is 15.0. The summed E-state index contributed by atoms with van der Waals surface area (Å²) in [6.45, 7) is 6.97. The molecule has 1 fully saturated rings. The first-order valence-corrected chi connectivity index (χ1v) is 7.30. The van der Waals surface area contributed by atoms with Crippen LogP contribution in [0.25, 0.3) is 0 Å². The van der Waals surface area contributed by atoms with E-state index in [1.165, 1.54) is 0 Å². The Morgan fingerprint density at radius 2 is 1.95 bits per heavy atom. The molecule has 1 heterocycles. The van der Waals surface area contributed by atoms with Crippen LogP contribution in [-0.2, 0) is 10.3 Å². The maximum absolute atomic E-state index is 11.9. The summed E-state index contributed by atoms with van der Waals surface area (Å²) < 4.78 is 0. The van der Waals surface area contributed by atoms with Gasteiger partial charge in [0, 0.05) is 13.1 Å². The molecule has 1 aromatic rings. The number of primary amides is 1. The predicted octanol–water partition coefficient (Wildman–Crippen LogP) is 1.30. The van der Waals surface area contributed by atoms with E-state index in [4.69, 9.17) is 11.5 Å². The van der Waals surface area contributed by atoms with E-state index >= 15 is 0 Å². The zero-order chi connectivity index (χ0) is 14.8. The van der Waals surface area contributed by atoms with Crippen molar-refractivity contribution >= 4 is 5.91 Å². The molecule has 0 spiro atoms. The van der Waals surface area contributed by atoms with Gasteiger partial charge in [-0.05, 0) is 30.4 Å². The molecule has 0 aliphatic carbocycles. The Kier molecular flexibility index (Phi) is 4.45. The van der Waals surface area contributed by atoms with Gasteiger partial charge in [0.25, 0.3) is 0 Å². The summed E-state index contributed by atoms with van der Waals surface area (Å²) in [5.74, 6) is 0.885. The van der Waals surface area contributed by atoms with Crippen molar-refractivity contribution in [1.82, 2.24) is 4.90 Å². The van der Waals surface area contributed by atoms with Gasteiger partial charge in [0.2, 0.25) is 5.91 Å². The Morgan fingerprint density at radius 1 is 1.30 bits per heavy atom. The lowest BCUT2D eigenvalue weighted by atomic mass is 9.85. The maximum Gasteiger partial charge on any atom is 0.243 e.